The highest BCUT2D eigenvalue weighted by molar-refractivity contribution is 7.99. The number of alkyl halides is 3. The summed E-state index contributed by atoms with van der Waals surface area (Å²) < 4.78 is 40.1. The monoisotopic (exact) mass is 366 g/mol. The highest BCUT2D eigenvalue weighted by Gasteiger charge is 2.30. The maximum Gasteiger partial charge on any atom is 0.573 e. The predicted octanol–water partition coefficient (Wildman–Crippen LogP) is 4.13. The standard InChI is InChI=1S/C17H13F3N2O2S/c18-17(19,20)24-13-7-5-12(6-8-13)11-22-16(23)14-3-1-2-4-15(14)25-10-9-21/h1-8H,10-11H2,(H,22,23). The summed E-state index contributed by atoms with van der Waals surface area (Å²) in [6, 6.07) is 14.1. The van der Waals surface area contributed by atoms with Crippen molar-refractivity contribution in [3.05, 3.63) is 59.7 Å². The molecule has 0 bridgehead atoms. The van der Waals surface area contributed by atoms with Crippen molar-refractivity contribution < 1.29 is 22.7 Å². The summed E-state index contributed by atoms with van der Waals surface area (Å²) in [6.45, 7) is 0.155. The molecular weight excluding hydrogens is 353 g/mol. The summed E-state index contributed by atoms with van der Waals surface area (Å²) in [4.78, 5) is 13.0. The number of rotatable bonds is 6. The molecule has 0 saturated heterocycles. The number of benzene rings is 2. The first-order chi connectivity index (χ1) is 11.9. The smallest absolute Gasteiger partial charge is 0.406 e. The van der Waals surface area contributed by atoms with E-state index in [0.717, 1.165) is 0 Å². The van der Waals surface area contributed by atoms with Gasteiger partial charge in [0.05, 0.1) is 17.4 Å². The second kappa shape index (κ2) is 8.44. The first kappa shape index (κ1) is 18.7. The SMILES string of the molecule is N#CCSc1ccccc1C(=O)NCc1ccc(OC(F)(F)F)cc1. The van der Waals surface area contributed by atoms with Gasteiger partial charge in [0.25, 0.3) is 5.91 Å². The molecular formula is C17H13F3N2O2S. The van der Waals surface area contributed by atoms with Gasteiger partial charge in [-0.15, -0.1) is 24.9 Å². The van der Waals surface area contributed by atoms with Gasteiger partial charge in [0.2, 0.25) is 0 Å². The molecule has 0 unspecified atom stereocenters. The second-order valence-corrected chi connectivity index (χ2v) is 5.83. The lowest BCUT2D eigenvalue weighted by Gasteiger charge is -2.11. The Morgan fingerprint density at radius 3 is 2.48 bits per heavy atom. The molecule has 25 heavy (non-hydrogen) atoms. The van der Waals surface area contributed by atoms with Gasteiger partial charge in [0.15, 0.2) is 0 Å². The lowest BCUT2D eigenvalue weighted by atomic mass is 10.2. The van der Waals surface area contributed by atoms with E-state index in [1.807, 2.05) is 6.07 Å². The number of nitrogens with one attached hydrogen (secondary N) is 1. The van der Waals surface area contributed by atoms with Crippen molar-refractivity contribution in [1.82, 2.24) is 5.32 Å². The van der Waals surface area contributed by atoms with Gasteiger partial charge in [-0.05, 0) is 29.8 Å². The molecule has 2 aromatic carbocycles. The van der Waals surface area contributed by atoms with Gasteiger partial charge >= 0.3 is 6.36 Å². The Morgan fingerprint density at radius 1 is 1.16 bits per heavy atom. The van der Waals surface area contributed by atoms with E-state index >= 15 is 0 Å². The lowest BCUT2D eigenvalue weighted by molar-refractivity contribution is -0.274. The third-order valence-electron chi connectivity index (χ3n) is 3.03. The van der Waals surface area contributed by atoms with Crippen molar-refractivity contribution in [3.63, 3.8) is 0 Å². The minimum Gasteiger partial charge on any atom is -0.406 e. The fraction of sp³-hybridized carbons (Fsp3) is 0.176. The number of amides is 1. The van der Waals surface area contributed by atoms with E-state index in [2.05, 4.69) is 10.1 Å². The van der Waals surface area contributed by atoms with E-state index in [0.29, 0.717) is 16.0 Å². The fourth-order valence-corrected chi connectivity index (χ4v) is 2.69. The van der Waals surface area contributed by atoms with Crippen molar-refractivity contribution in [3.8, 4) is 11.8 Å². The molecule has 8 heteroatoms. The molecule has 1 N–H and O–H groups in total. The normalized spacial score (nSPS) is 10.8. The van der Waals surface area contributed by atoms with Crippen molar-refractivity contribution in [1.29, 1.82) is 5.26 Å². The first-order valence-electron chi connectivity index (χ1n) is 7.11. The third kappa shape index (κ3) is 6.04. The fourth-order valence-electron chi connectivity index (χ4n) is 1.98. The zero-order chi connectivity index (χ0) is 18.3. The molecule has 0 radical (unpaired) electrons. The van der Waals surface area contributed by atoms with E-state index < -0.39 is 6.36 Å². The molecule has 0 spiro atoms. The summed E-state index contributed by atoms with van der Waals surface area (Å²) in [7, 11) is 0. The van der Waals surface area contributed by atoms with E-state index in [-0.39, 0.29) is 24.0 Å². The van der Waals surface area contributed by atoms with E-state index in [4.69, 9.17) is 5.26 Å². The van der Waals surface area contributed by atoms with Crippen molar-refractivity contribution in [2.75, 3.05) is 5.75 Å². The average molecular weight is 366 g/mol. The van der Waals surface area contributed by atoms with Crippen LogP contribution in [0.2, 0.25) is 0 Å². The topological polar surface area (TPSA) is 62.1 Å². The molecule has 0 fully saturated rings. The van der Waals surface area contributed by atoms with Crippen LogP contribution >= 0.6 is 11.8 Å². The van der Waals surface area contributed by atoms with Crippen molar-refractivity contribution in [2.24, 2.45) is 0 Å². The number of halogens is 3. The number of thioether (sulfide) groups is 1. The summed E-state index contributed by atoms with van der Waals surface area (Å²) in [5, 5.41) is 11.4. The predicted molar refractivity (Wildman–Crippen MR) is 87.1 cm³/mol. The lowest BCUT2D eigenvalue weighted by Crippen LogP contribution is -2.23. The van der Waals surface area contributed by atoms with Gasteiger partial charge in [-0.1, -0.05) is 24.3 Å². The van der Waals surface area contributed by atoms with Crippen LogP contribution in [0.25, 0.3) is 0 Å². The molecule has 0 aromatic heterocycles. The Balaban J connectivity index is 1.97. The van der Waals surface area contributed by atoms with Crippen LogP contribution < -0.4 is 10.1 Å². The highest BCUT2D eigenvalue weighted by Crippen LogP contribution is 2.23. The molecule has 130 valence electrons. The molecule has 2 rings (SSSR count). The Labute approximate surface area is 146 Å². The summed E-state index contributed by atoms with van der Waals surface area (Å²) in [5.74, 6) is -0.414. The molecule has 0 aliphatic rings. The maximum atomic E-state index is 12.3. The Bertz CT molecular complexity index is 771. The van der Waals surface area contributed by atoms with Crippen LogP contribution in [0.4, 0.5) is 13.2 Å². The van der Waals surface area contributed by atoms with Crippen LogP contribution in [-0.4, -0.2) is 18.0 Å². The molecule has 0 aliphatic heterocycles. The van der Waals surface area contributed by atoms with Gasteiger partial charge < -0.3 is 10.1 Å². The van der Waals surface area contributed by atoms with E-state index in [1.54, 1.807) is 24.3 Å². The van der Waals surface area contributed by atoms with Gasteiger partial charge in [0, 0.05) is 11.4 Å². The minimum atomic E-state index is -4.74. The van der Waals surface area contributed by atoms with Gasteiger partial charge in [-0.3, -0.25) is 4.79 Å². The Kier molecular flexibility index (Phi) is 6.31. The summed E-state index contributed by atoms with van der Waals surface area (Å²) >= 11 is 1.26. The molecule has 4 nitrogen and oxygen atoms in total. The quantitative estimate of drug-likeness (QED) is 0.781. The number of nitrogens with zero attached hydrogens (tertiary/aromatic N) is 1. The van der Waals surface area contributed by atoms with Crippen LogP contribution in [0.3, 0.4) is 0 Å². The van der Waals surface area contributed by atoms with Crippen LogP contribution in [0.1, 0.15) is 15.9 Å². The number of ether oxygens (including phenoxy) is 1. The second-order valence-electron chi connectivity index (χ2n) is 4.82. The highest BCUT2D eigenvalue weighted by atomic mass is 32.2. The molecule has 0 saturated carbocycles. The average Bonchev–Trinajstić information content (AvgIpc) is 2.58. The van der Waals surface area contributed by atoms with Crippen LogP contribution in [0.15, 0.2) is 53.4 Å². The number of hydrogen-bond donors (Lipinski definition) is 1. The number of carbonyl (C=O) groups excluding carboxylic acids is 1. The van der Waals surface area contributed by atoms with Gasteiger partial charge in [-0.2, -0.15) is 5.26 Å². The zero-order valence-electron chi connectivity index (χ0n) is 12.8. The van der Waals surface area contributed by atoms with Gasteiger partial charge in [-0.25, -0.2) is 0 Å². The zero-order valence-corrected chi connectivity index (χ0v) is 13.7. The van der Waals surface area contributed by atoms with Crippen molar-refractivity contribution >= 4 is 17.7 Å². The molecule has 0 heterocycles. The summed E-state index contributed by atoms with van der Waals surface area (Å²) in [5.41, 5.74) is 1.07. The maximum absolute atomic E-state index is 12.3. The number of carbonyl (C=O) groups is 1. The first-order valence-corrected chi connectivity index (χ1v) is 8.09. The van der Waals surface area contributed by atoms with E-state index in [1.165, 1.54) is 36.0 Å². The Morgan fingerprint density at radius 2 is 1.84 bits per heavy atom. The van der Waals surface area contributed by atoms with Gasteiger partial charge in [0.1, 0.15) is 5.75 Å². The molecule has 0 aliphatic carbocycles. The van der Waals surface area contributed by atoms with Crippen LogP contribution in [0.5, 0.6) is 5.75 Å². The minimum absolute atomic E-state index is 0.155. The van der Waals surface area contributed by atoms with Crippen LogP contribution in [0, 0.1) is 11.3 Å². The van der Waals surface area contributed by atoms with Crippen LogP contribution in [-0.2, 0) is 6.54 Å². The van der Waals surface area contributed by atoms with E-state index in [9.17, 15) is 18.0 Å². The Hall–Kier alpha value is -2.66. The number of nitriles is 1. The molecule has 2 aromatic rings. The molecule has 0 atom stereocenters. The largest absolute Gasteiger partial charge is 0.573 e. The van der Waals surface area contributed by atoms with Crippen molar-refractivity contribution in [2.45, 2.75) is 17.8 Å². The number of hydrogen-bond acceptors (Lipinski definition) is 4. The summed E-state index contributed by atoms with van der Waals surface area (Å²) in [6.07, 6.45) is -4.74. The molecule has 1 amide bonds. The third-order valence-corrected chi connectivity index (χ3v) is 3.97.